The third kappa shape index (κ3) is 3.28. The molecule has 0 unspecified atom stereocenters. The van der Waals surface area contributed by atoms with Crippen LogP contribution in [-0.2, 0) is 9.31 Å². The predicted molar refractivity (Wildman–Crippen MR) is 111 cm³/mol. The molecule has 27 heavy (non-hydrogen) atoms. The molecule has 5 rings (SSSR count). The largest absolute Gasteiger partial charge is 0.494 e. The van der Waals surface area contributed by atoms with Gasteiger partial charge in [0, 0.05) is 0 Å². The summed E-state index contributed by atoms with van der Waals surface area (Å²) in [4.78, 5) is 0. The monoisotopic (exact) mass is 350 g/mol. The first-order valence-corrected chi connectivity index (χ1v) is 9.28. The summed E-state index contributed by atoms with van der Waals surface area (Å²) in [5.74, 6) is 0. The minimum absolute atomic E-state index is 0.0339. The van der Waals surface area contributed by atoms with Crippen molar-refractivity contribution in [2.24, 2.45) is 0 Å². The van der Waals surface area contributed by atoms with E-state index in [0.29, 0.717) is 6.61 Å². The zero-order chi connectivity index (χ0) is 18.1. The third-order valence-corrected chi connectivity index (χ3v) is 5.12. The summed E-state index contributed by atoms with van der Waals surface area (Å²) in [5.41, 5.74) is 4.63. The van der Waals surface area contributed by atoms with Gasteiger partial charge in [0.15, 0.2) is 0 Å². The van der Waals surface area contributed by atoms with E-state index in [2.05, 4.69) is 91.0 Å². The Morgan fingerprint density at radius 3 is 2.19 bits per heavy atom. The van der Waals surface area contributed by atoms with Crippen LogP contribution in [0.25, 0.3) is 21.9 Å². The van der Waals surface area contributed by atoms with Crippen LogP contribution < -0.4 is 5.46 Å². The molecule has 0 aromatic heterocycles. The maximum Gasteiger partial charge on any atom is 0.494 e. The van der Waals surface area contributed by atoms with Gasteiger partial charge in [0.2, 0.25) is 0 Å². The molecule has 4 aromatic carbocycles. The average molecular weight is 350 g/mol. The van der Waals surface area contributed by atoms with Crippen molar-refractivity contribution in [1.82, 2.24) is 0 Å². The van der Waals surface area contributed by atoms with Crippen LogP contribution in [0.4, 0.5) is 0 Å². The average Bonchev–Trinajstić information content (AvgIpc) is 3.24. The van der Waals surface area contributed by atoms with Gasteiger partial charge in [-0.3, -0.25) is 0 Å². The summed E-state index contributed by atoms with van der Waals surface area (Å²) in [5, 5.41) is 2.47. The van der Waals surface area contributed by atoms with E-state index >= 15 is 0 Å². The molecule has 3 heteroatoms. The van der Waals surface area contributed by atoms with Gasteiger partial charge >= 0.3 is 7.12 Å². The van der Waals surface area contributed by atoms with Crippen molar-refractivity contribution < 1.29 is 9.31 Å². The number of fused-ring (bicyclic) bond motifs is 1. The fourth-order valence-electron chi connectivity index (χ4n) is 3.62. The highest BCUT2D eigenvalue weighted by atomic mass is 16.6. The van der Waals surface area contributed by atoms with Gasteiger partial charge in [0.25, 0.3) is 0 Å². The number of benzene rings is 4. The summed E-state index contributed by atoms with van der Waals surface area (Å²) in [7, 11) is -0.314. The molecule has 0 bridgehead atoms. The zero-order valence-corrected chi connectivity index (χ0v) is 14.9. The Bertz CT molecular complexity index is 1060. The summed E-state index contributed by atoms with van der Waals surface area (Å²) < 4.78 is 12.1. The summed E-state index contributed by atoms with van der Waals surface area (Å²) >= 11 is 0. The molecule has 2 nitrogen and oxygen atoms in total. The Hall–Kier alpha value is -2.88. The van der Waals surface area contributed by atoms with Crippen LogP contribution in [0.1, 0.15) is 11.7 Å². The highest BCUT2D eigenvalue weighted by molar-refractivity contribution is 6.61. The van der Waals surface area contributed by atoms with E-state index in [1.54, 1.807) is 0 Å². The molecule has 1 aliphatic heterocycles. The normalized spacial score (nSPS) is 16.7. The molecular weight excluding hydrogens is 331 g/mol. The second kappa shape index (κ2) is 7.03. The highest BCUT2D eigenvalue weighted by Gasteiger charge is 2.33. The summed E-state index contributed by atoms with van der Waals surface area (Å²) in [6.45, 7) is 0.573. The van der Waals surface area contributed by atoms with Crippen molar-refractivity contribution >= 4 is 23.4 Å². The molecular formula is C24H19BO2. The molecule has 1 atom stereocenters. The minimum Gasteiger partial charge on any atom is -0.404 e. The Kier molecular flexibility index (Phi) is 4.25. The van der Waals surface area contributed by atoms with E-state index in [-0.39, 0.29) is 13.2 Å². The van der Waals surface area contributed by atoms with Crippen molar-refractivity contribution in [1.29, 1.82) is 0 Å². The molecule has 0 aliphatic carbocycles. The van der Waals surface area contributed by atoms with E-state index in [0.717, 1.165) is 11.0 Å². The minimum atomic E-state index is -0.314. The second-order valence-corrected chi connectivity index (χ2v) is 6.88. The lowest BCUT2D eigenvalue weighted by Gasteiger charge is -2.11. The Labute approximate surface area is 159 Å². The van der Waals surface area contributed by atoms with Gasteiger partial charge in [-0.2, -0.15) is 0 Å². The van der Waals surface area contributed by atoms with Crippen molar-refractivity contribution in [3.05, 3.63) is 103 Å². The number of hydrogen-bond donors (Lipinski definition) is 0. The lowest BCUT2D eigenvalue weighted by Crippen LogP contribution is -2.31. The standard InChI is InChI=1S/C24H19BO2/c1-2-6-18(7-3-1)20-12-14-23(15-13-20)25-26-17-24(27-25)22-11-10-19-8-4-5-9-21(19)16-22/h1-16,24H,17H2/t24-/m0/s1. The SMILES string of the molecule is c1ccc(-c2ccc(B3OC[C@@H](c4ccc5ccccc5c4)O3)cc2)cc1. The Balaban J connectivity index is 1.34. The molecule has 1 saturated heterocycles. The summed E-state index contributed by atoms with van der Waals surface area (Å²) in [6.07, 6.45) is -0.0339. The number of rotatable bonds is 3. The summed E-state index contributed by atoms with van der Waals surface area (Å²) in [6, 6.07) is 33.7. The first kappa shape index (κ1) is 16.3. The zero-order valence-electron chi connectivity index (χ0n) is 14.9. The molecule has 130 valence electrons. The van der Waals surface area contributed by atoms with Crippen LogP contribution >= 0.6 is 0 Å². The molecule has 1 aliphatic rings. The van der Waals surface area contributed by atoms with Gasteiger partial charge < -0.3 is 9.31 Å². The predicted octanol–water partition coefficient (Wildman–Crippen LogP) is 4.99. The van der Waals surface area contributed by atoms with E-state index < -0.39 is 0 Å². The first-order valence-electron chi connectivity index (χ1n) is 9.28. The lowest BCUT2D eigenvalue weighted by atomic mass is 9.79. The fraction of sp³-hybridized carbons (Fsp3) is 0.0833. The van der Waals surface area contributed by atoms with E-state index in [1.807, 2.05) is 6.07 Å². The van der Waals surface area contributed by atoms with E-state index in [9.17, 15) is 0 Å². The van der Waals surface area contributed by atoms with Gasteiger partial charge in [0.05, 0.1) is 12.7 Å². The molecule has 0 N–H and O–H groups in total. The molecule has 1 heterocycles. The first-order chi connectivity index (χ1) is 13.4. The van der Waals surface area contributed by atoms with E-state index in [4.69, 9.17) is 9.31 Å². The molecule has 0 amide bonds. The molecule has 0 spiro atoms. The van der Waals surface area contributed by atoms with Crippen LogP contribution in [0.3, 0.4) is 0 Å². The second-order valence-electron chi connectivity index (χ2n) is 6.88. The quantitative estimate of drug-likeness (QED) is 0.485. The molecule has 0 radical (unpaired) electrons. The lowest BCUT2D eigenvalue weighted by molar-refractivity contribution is 0.241. The molecule has 0 saturated carbocycles. The Morgan fingerprint density at radius 2 is 1.37 bits per heavy atom. The fourth-order valence-corrected chi connectivity index (χ4v) is 3.62. The van der Waals surface area contributed by atoms with Crippen molar-refractivity contribution in [2.45, 2.75) is 6.10 Å². The van der Waals surface area contributed by atoms with Crippen LogP contribution in [0, 0.1) is 0 Å². The van der Waals surface area contributed by atoms with Crippen LogP contribution in [0.5, 0.6) is 0 Å². The van der Waals surface area contributed by atoms with Gasteiger partial charge in [-0.25, -0.2) is 0 Å². The van der Waals surface area contributed by atoms with Crippen LogP contribution in [0.15, 0.2) is 97.1 Å². The van der Waals surface area contributed by atoms with Crippen molar-refractivity contribution in [3.8, 4) is 11.1 Å². The van der Waals surface area contributed by atoms with Gasteiger partial charge in [0.1, 0.15) is 0 Å². The maximum absolute atomic E-state index is 6.21. The van der Waals surface area contributed by atoms with Gasteiger partial charge in [-0.15, -0.1) is 0 Å². The third-order valence-electron chi connectivity index (χ3n) is 5.12. The molecule has 4 aromatic rings. The van der Waals surface area contributed by atoms with Crippen molar-refractivity contribution in [2.75, 3.05) is 6.61 Å². The maximum atomic E-state index is 6.21. The molecule has 1 fully saturated rings. The highest BCUT2D eigenvalue weighted by Crippen LogP contribution is 2.28. The number of hydrogen-bond acceptors (Lipinski definition) is 2. The van der Waals surface area contributed by atoms with Crippen LogP contribution in [0.2, 0.25) is 0 Å². The van der Waals surface area contributed by atoms with E-state index in [1.165, 1.54) is 21.9 Å². The van der Waals surface area contributed by atoms with Gasteiger partial charge in [-0.05, 0) is 39.0 Å². The van der Waals surface area contributed by atoms with Crippen molar-refractivity contribution in [3.63, 3.8) is 0 Å². The topological polar surface area (TPSA) is 18.5 Å². The van der Waals surface area contributed by atoms with Crippen LogP contribution in [-0.4, -0.2) is 13.7 Å². The van der Waals surface area contributed by atoms with Gasteiger partial charge in [-0.1, -0.05) is 91.0 Å². The smallest absolute Gasteiger partial charge is 0.404 e. The Morgan fingerprint density at radius 1 is 0.667 bits per heavy atom.